The first-order chi connectivity index (χ1) is 18.2. The predicted octanol–water partition coefficient (Wildman–Crippen LogP) is 4.33. The molecule has 0 bridgehead atoms. The van der Waals surface area contributed by atoms with Crippen LogP contribution in [0.4, 0.5) is 0 Å². The number of carboxylic acids is 1. The van der Waals surface area contributed by atoms with E-state index in [1.807, 2.05) is 30.3 Å². The van der Waals surface area contributed by atoms with Crippen molar-refractivity contribution < 1.29 is 42.9 Å². The fourth-order valence-corrected chi connectivity index (χ4v) is 5.42. The Morgan fingerprint density at radius 3 is 2.32 bits per heavy atom. The number of aliphatic carboxylic acids is 1. The number of furan rings is 1. The molecule has 0 radical (unpaired) electrons. The van der Waals surface area contributed by atoms with Crippen LogP contribution < -0.4 is 19.5 Å². The fourth-order valence-electron chi connectivity index (χ4n) is 4.58. The molecule has 11 heteroatoms. The summed E-state index contributed by atoms with van der Waals surface area (Å²) in [5.74, 6) is -1.44. The Morgan fingerprint density at radius 1 is 0.947 bits per heavy atom. The zero-order valence-electron chi connectivity index (χ0n) is 21.2. The van der Waals surface area contributed by atoms with Crippen molar-refractivity contribution in [3.8, 4) is 17.2 Å². The van der Waals surface area contributed by atoms with E-state index in [4.69, 9.17) is 18.6 Å². The monoisotopic (exact) mass is 543 g/mol. The van der Waals surface area contributed by atoms with Gasteiger partial charge in [-0.1, -0.05) is 36.4 Å². The van der Waals surface area contributed by atoms with Gasteiger partial charge in [-0.3, -0.25) is 14.7 Å². The van der Waals surface area contributed by atoms with E-state index in [0.29, 0.717) is 34.0 Å². The predicted molar refractivity (Wildman–Crippen MR) is 142 cm³/mol. The summed E-state index contributed by atoms with van der Waals surface area (Å²) in [7, 11) is -0.309. The Hall–Kier alpha value is -3.56. The summed E-state index contributed by atoms with van der Waals surface area (Å²) >= 11 is 0. The van der Waals surface area contributed by atoms with Crippen LogP contribution in [0.5, 0.6) is 17.2 Å². The molecule has 0 unspecified atom stereocenters. The van der Waals surface area contributed by atoms with Crippen LogP contribution in [-0.2, 0) is 22.2 Å². The Balaban J connectivity index is 1.55. The lowest BCUT2D eigenvalue weighted by Crippen LogP contribution is -2.44. The Kier molecular flexibility index (Phi) is 8.28. The van der Waals surface area contributed by atoms with E-state index >= 15 is 0 Å². The van der Waals surface area contributed by atoms with Crippen LogP contribution in [0.3, 0.4) is 0 Å². The third-order valence-corrected chi connectivity index (χ3v) is 7.67. The highest BCUT2D eigenvalue weighted by Gasteiger charge is 2.33. The van der Waals surface area contributed by atoms with Crippen molar-refractivity contribution in [2.75, 3.05) is 21.3 Å². The number of para-hydroxylation sites is 1. The van der Waals surface area contributed by atoms with E-state index in [1.54, 1.807) is 24.3 Å². The van der Waals surface area contributed by atoms with E-state index in [-0.39, 0.29) is 19.3 Å². The number of ether oxygens (including phenoxy) is 3. The van der Waals surface area contributed by atoms with Crippen molar-refractivity contribution in [1.29, 1.82) is 0 Å². The lowest BCUT2D eigenvalue weighted by atomic mass is 10.0. The highest BCUT2D eigenvalue weighted by atomic mass is 31.2. The minimum atomic E-state index is -4.72. The molecule has 0 aliphatic carbocycles. The number of hydrogen-bond acceptors (Lipinski definition) is 7. The topological polar surface area (TPSA) is 148 Å². The second-order valence-corrected chi connectivity index (χ2v) is 10.6. The molecule has 0 aliphatic heterocycles. The van der Waals surface area contributed by atoms with Gasteiger partial charge in [-0.2, -0.15) is 0 Å². The SMILES string of the molecule is COc1ccc(CC[C@H](N[C@@H](Cc2ccc3c(c2)oc2ccccc23)C(=O)O)P(=O)(O)O)c(OC)c1OC. The first kappa shape index (κ1) is 27.5. The Morgan fingerprint density at radius 2 is 1.66 bits per heavy atom. The molecular weight excluding hydrogens is 513 g/mol. The van der Waals surface area contributed by atoms with Crippen molar-refractivity contribution in [2.24, 2.45) is 0 Å². The lowest BCUT2D eigenvalue weighted by Gasteiger charge is -2.25. The van der Waals surface area contributed by atoms with Gasteiger partial charge < -0.3 is 33.5 Å². The van der Waals surface area contributed by atoms with Gasteiger partial charge in [0.25, 0.3) is 0 Å². The summed E-state index contributed by atoms with van der Waals surface area (Å²) in [6.07, 6.45) is 0.130. The number of carbonyl (C=O) groups is 1. The number of aryl methyl sites for hydroxylation is 1. The highest BCUT2D eigenvalue weighted by molar-refractivity contribution is 7.52. The number of methoxy groups -OCH3 is 3. The maximum absolute atomic E-state index is 12.4. The largest absolute Gasteiger partial charge is 0.493 e. The first-order valence-electron chi connectivity index (χ1n) is 11.9. The van der Waals surface area contributed by atoms with E-state index in [2.05, 4.69) is 5.32 Å². The van der Waals surface area contributed by atoms with E-state index in [9.17, 15) is 24.3 Å². The average molecular weight is 544 g/mol. The summed E-state index contributed by atoms with van der Waals surface area (Å²) in [4.78, 5) is 32.2. The average Bonchev–Trinajstić information content (AvgIpc) is 3.26. The van der Waals surface area contributed by atoms with Crippen molar-refractivity contribution in [3.05, 3.63) is 65.7 Å². The molecule has 0 amide bonds. The van der Waals surface area contributed by atoms with E-state index in [0.717, 1.165) is 16.4 Å². The summed E-state index contributed by atoms with van der Waals surface area (Å²) < 4.78 is 34.4. The minimum Gasteiger partial charge on any atom is -0.493 e. The molecule has 0 saturated heterocycles. The van der Waals surface area contributed by atoms with Crippen LogP contribution in [0.1, 0.15) is 17.5 Å². The summed E-state index contributed by atoms with van der Waals surface area (Å²) in [6, 6.07) is 15.1. The third-order valence-electron chi connectivity index (χ3n) is 6.45. The quantitative estimate of drug-likeness (QED) is 0.190. The molecule has 10 nitrogen and oxygen atoms in total. The van der Waals surface area contributed by atoms with Crippen molar-refractivity contribution in [3.63, 3.8) is 0 Å². The van der Waals surface area contributed by atoms with Crippen LogP contribution in [0, 0.1) is 0 Å². The van der Waals surface area contributed by atoms with Gasteiger partial charge >= 0.3 is 13.6 Å². The van der Waals surface area contributed by atoms with Gasteiger partial charge in [0.05, 0.1) is 21.3 Å². The van der Waals surface area contributed by atoms with Gasteiger partial charge in [-0.25, -0.2) is 0 Å². The zero-order chi connectivity index (χ0) is 27.4. The van der Waals surface area contributed by atoms with Crippen LogP contribution in [0.15, 0.2) is 59.0 Å². The molecule has 4 aromatic rings. The van der Waals surface area contributed by atoms with Crippen molar-refractivity contribution in [1.82, 2.24) is 5.32 Å². The minimum absolute atomic E-state index is 0.00149. The summed E-state index contributed by atoms with van der Waals surface area (Å²) in [5.41, 5.74) is 2.62. The molecule has 4 N–H and O–H groups in total. The van der Waals surface area contributed by atoms with E-state index in [1.165, 1.54) is 21.3 Å². The van der Waals surface area contributed by atoms with Crippen molar-refractivity contribution in [2.45, 2.75) is 31.1 Å². The highest BCUT2D eigenvalue weighted by Crippen LogP contribution is 2.44. The summed E-state index contributed by atoms with van der Waals surface area (Å²) in [6.45, 7) is 0. The van der Waals surface area contributed by atoms with Gasteiger partial charge in [0, 0.05) is 10.8 Å². The maximum atomic E-state index is 12.4. The van der Waals surface area contributed by atoms with Gasteiger partial charge in [0.2, 0.25) is 5.75 Å². The molecular formula is C27H30NO9P. The number of nitrogens with one attached hydrogen (secondary N) is 1. The van der Waals surface area contributed by atoms with Crippen LogP contribution in [0.2, 0.25) is 0 Å². The molecule has 0 fully saturated rings. The molecule has 0 saturated carbocycles. The summed E-state index contributed by atoms with van der Waals surface area (Å²) in [5, 5.41) is 14.4. The van der Waals surface area contributed by atoms with E-state index < -0.39 is 25.4 Å². The van der Waals surface area contributed by atoms with Gasteiger partial charge in [-0.05, 0) is 48.6 Å². The zero-order valence-corrected chi connectivity index (χ0v) is 22.1. The molecule has 1 heterocycles. The van der Waals surface area contributed by atoms with Crippen LogP contribution in [-0.4, -0.2) is 54.0 Å². The van der Waals surface area contributed by atoms with Crippen LogP contribution >= 0.6 is 7.60 Å². The van der Waals surface area contributed by atoms with Crippen LogP contribution in [0.25, 0.3) is 21.9 Å². The van der Waals surface area contributed by atoms with Gasteiger partial charge in [-0.15, -0.1) is 0 Å². The molecule has 1 aromatic heterocycles. The number of carboxylic acid groups (broad SMARTS) is 1. The maximum Gasteiger partial charge on any atom is 0.342 e. The molecule has 0 spiro atoms. The first-order valence-corrected chi connectivity index (χ1v) is 13.6. The molecule has 0 aliphatic rings. The second-order valence-electron chi connectivity index (χ2n) is 8.83. The lowest BCUT2D eigenvalue weighted by molar-refractivity contribution is -0.139. The molecule has 38 heavy (non-hydrogen) atoms. The molecule has 4 rings (SSSR count). The smallest absolute Gasteiger partial charge is 0.342 e. The number of hydrogen-bond donors (Lipinski definition) is 4. The number of benzene rings is 3. The Bertz CT molecular complexity index is 1490. The molecule has 202 valence electrons. The Labute approximate surface area is 219 Å². The fraction of sp³-hybridized carbons (Fsp3) is 0.296. The normalized spacial score (nSPS) is 13.4. The van der Waals surface area contributed by atoms with Gasteiger partial charge in [0.1, 0.15) is 23.0 Å². The number of fused-ring (bicyclic) bond motifs is 3. The second kappa shape index (κ2) is 11.4. The van der Waals surface area contributed by atoms with Crippen molar-refractivity contribution >= 4 is 35.5 Å². The molecule has 2 atom stereocenters. The third kappa shape index (κ3) is 5.79. The van der Waals surface area contributed by atoms with Gasteiger partial charge in [0.15, 0.2) is 11.5 Å². The standard InChI is InChI=1S/C27H30NO9P/c1-34-22-12-9-17(25(35-2)26(22)36-3)10-13-24(38(31,32)33)28-20(27(29)30)14-16-8-11-19-18-6-4-5-7-21(18)37-23(19)15-16/h4-9,11-12,15,20,24,28H,10,13-14H2,1-3H3,(H,29,30)(H2,31,32,33)/t20-,24+/m0/s1. The molecule has 3 aromatic carbocycles. The number of rotatable bonds is 12.